The van der Waals surface area contributed by atoms with Crippen LogP contribution in [0.15, 0.2) is 30.3 Å². The largest absolute Gasteiger partial charge is 0.399 e. The highest BCUT2D eigenvalue weighted by molar-refractivity contribution is 6.42. The van der Waals surface area contributed by atoms with Crippen LogP contribution in [0.1, 0.15) is 15.9 Å². The summed E-state index contributed by atoms with van der Waals surface area (Å²) in [4.78, 5) is 12.1. The maximum atomic E-state index is 13.9. The van der Waals surface area contributed by atoms with Crippen LogP contribution in [0.4, 0.5) is 15.8 Å². The summed E-state index contributed by atoms with van der Waals surface area (Å²) in [5, 5.41) is 3.21. The molecule has 0 spiro atoms. The molecule has 0 aliphatic heterocycles. The maximum absolute atomic E-state index is 13.9. The number of nitrogens with one attached hydrogen (secondary N) is 1. The number of anilines is 2. The minimum atomic E-state index is -0.601. The van der Waals surface area contributed by atoms with Crippen LogP contribution in [-0.4, -0.2) is 5.91 Å². The predicted octanol–water partition coefficient (Wildman–Crippen LogP) is 4.28. The van der Waals surface area contributed by atoms with Crippen molar-refractivity contribution in [1.82, 2.24) is 0 Å². The molecular formula is C14H11Cl2FN2O. The molecule has 0 radical (unpaired) electrons. The Kier molecular flexibility index (Phi) is 4.16. The molecule has 6 heteroatoms. The Morgan fingerprint density at radius 2 is 1.90 bits per heavy atom. The van der Waals surface area contributed by atoms with Crippen molar-refractivity contribution in [2.45, 2.75) is 6.92 Å². The van der Waals surface area contributed by atoms with E-state index in [-0.39, 0.29) is 5.56 Å². The third kappa shape index (κ3) is 3.03. The Morgan fingerprint density at radius 1 is 1.20 bits per heavy atom. The summed E-state index contributed by atoms with van der Waals surface area (Å²) >= 11 is 11.6. The molecule has 1 amide bonds. The van der Waals surface area contributed by atoms with Crippen molar-refractivity contribution >= 4 is 40.5 Å². The van der Waals surface area contributed by atoms with Gasteiger partial charge in [-0.15, -0.1) is 0 Å². The van der Waals surface area contributed by atoms with Crippen LogP contribution in [0.2, 0.25) is 10.0 Å². The van der Waals surface area contributed by atoms with E-state index in [0.29, 0.717) is 27.0 Å². The Hall–Kier alpha value is -1.78. The second-order valence-corrected chi connectivity index (χ2v) is 5.10. The van der Waals surface area contributed by atoms with Gasteiger partial charge in [0.25, 0.3) is 5.91 Å². The first kappa shape index (κ1) is 14.6. The minimum absolute atomic E-state index is 0.117. The van der Waals surface area contributed by atoms with Gasteiger partial charge in [-0.2, -0.15) is 0 Å². The number of carbonyl (C=O) groups excluding carboxylic acids is 1. The molecule has 0 fully saturated rings. The van der Waals surface area contributed by atoms with E-state index in [1.807, 2.05) is 0 Å². The third-order valence-electron chi connectivity index (χ3n) is 2.70. The highest BCUT2D eigenvalue weighted by Crippen LogP contribution is 2.26. The number of amides is 1. The first-order chi connectivity index (χ1) is 9.38. The van der Waals surface area contributed by atoms with E-state index >= 15 is 0 Å². The smallest absolute Gasteiger partial charge is 0.258 e. The first-order valence-electron chi connectivity index (χ1n) is 5.70. The average Bonchev–Trinajstić information content (AvgIpc) is 2.38. The Morgan fingerprint density at radius 3 is 2.55 bits per heavy atom. The summed E-state index contributed by atoms with van der Waals surface area (Å²) in [6, 6.07) is 7.35. The van der Waals surface area contributed by atoms with Gasteiger partial charge >= 0.3 is 0 Å². The van der Waals surface area contributed by atoms with Crippen LogP contribution < -0.4 is 11.1 Å². The molecule has 0 atom stereocenters. The van der Waals surface area contributed by atoms with Crippen molar-refractivity contribution < 1.29 is 9.18 Å². The molecule has 20 heavy (non-hydrogen) atoms. The second-order valence-electron chi connectivity index (χ2n) is 4.28. The van der Waals surface area contributed by atoms with Gasteiger partial charge < -0.3 is 11.1 Å². The summed E-state index contributed by atoms with van der Waals surface area (Å²) in [6.45, 7) is 1.54. The summed E-state index contributed by atoms with van der Waals surface area (Å²) < 4.78 is 13.9. The zero-order valence-corrected chi connectivity index (χ0v) is 12.0. The lowest BCUT2D eigenvalue weighted by molar-refractivity contribution is 0.102. The molecule has 2 aromatic rings. The van der Waals surface area contributed by atoms with Gasteiger partial charge in [0.1, 0.15) is 5.82 Å². The van der Waals surface area contributed by atoms with Crippen molar-refractivity contribution in [1.29, 1.82) is 0 Å². The van der Waals surface area contributed by atoms with Crippen molar-refractivity contribution in [2.75, 3.05) is 11.1 Å². The normalized spacial score (nSPS) is 10.4. The number of carbonyl (C=O) groups is 1. The third-order valence-corrected chi connectivity index (χ3v) is 3.44. The van der Waals surface area contributed by atoms with Crippen molar-refractivity contribution in [3.8, 4) is 0 Å². The molecule has 0 aliphatic rings. The average molecular weight is 313 g/mol. The van der Waals surface area contributed by atoms with Crippen molar-refractivity contribution in [3.05, 3.63) is 57.3 Å². The topological polar surface area (TPSA) is 55.1 Å². The molecule has 0 saturated heterocycles. The number of nitrogens with two attached hydrogens (primary N) is 1. The van der Waals surface area contributed by atoms with Gasteiger partial charge in [0.15, 0.2) is 0 Å². The number of aryl methyl sites for hydroxylation is 1. The molecule has 0 aliphatic carbocycles. The monoisotopic (exact) mass is 312 g/mol. The van der Waals surface area contributed by atoms with Gasteiger partial charge in [0, 0.05) is 11.4 Å². The number of halogens is 3. The molecule has 0 unspecified atom stereocenters. The van der Waals surface area contributed by atoms with E-state index < -0.39 is 11.7 Å². The maximum Gasteiger partial charge on any atom is 0.258 e. The van der Waals surface area contributed by atoms with Crippen LogP contribution in [-0.2, 0) is 0 Å². The zero-order valence-electron chi connectivity index (χ0n) is 10.5. The lowest BCUT2D eigenvalue weighted by Crippen LogP contribution is -2.15. The SMILES string of the molecule is Cc1cc(N)cc(C(=O)Nc2ccc(Cl)c(Cl)c2)c1F. The Bertz CT molecular complexity index is 689. The van der Waals surface area contributed by atoms with Gasteiger partial charge in [-0.1, -0.05) is 23.2 Å². The molecule has 104 valence electrons. The molecule has 2 rings (SSSR count). The summed E-state index contributed by atoms with van der Waals surface area (Å²) in [6.07, 6.45) is 0. The van der Waals surface area contributed by atoms with Gasteiger partial charge in [-0.25, -0.2) is 4.39 Å². The first-order valence-corrected chi connectivity index (χ1v) is 6.46. The lowest BCUT2D eigenvalue weighted by atomic mass is 10.1. The molecule has 0 bridgehead atoms. The summed E-state index contributed by atoms with van der Waals surface area (Å²) in [7, 11) is 0. The van der Waals surface area contributed by atoms with E-state index in [2.05, 4.69) is 5.32 Å². The van der Waals surface area contributed by atoms with Crippen molar-refractivity contribution in [2.24, 2.45) is 0 Å². The molecule has 2 aromatic carbocycles. The number of hydrogen-bond donors (Lipinski definition) is 2. The summed E-state index contributed by atoms with van der Waals surface area (Å²) in [5.41, 5.74) is 6.55. The van der Waals surface area contributed by atoms with E-state index in [4.69, 9.17) is 28.9 Å². The van der Waals surface area contributed by atoms with Gasteiger partial charge in [-0.3, -0.25) is 4.79 Å². The number of benzene rings is 2. The van der Waals surface area contributed by atoms with E-state index in [9.17, 15) is 9.18 Å². The van der Waals surface area contributed by atoms with Gasteiger partial charge in [-0.05, 0) is 42.8 Å². The van der Waals surface area contributed by atoms with Gasteiger partial charge in [0.2, 0.25) is 0 Å². The molecule has 3 N–H and O–H groups in total. The highest BCUT2D eigenvalue weighted by Gasteiger charge is 2.15. The molecule has 0 heterocycles. The molecule has 3 nitrogen and oxygen atoms in total. The van der Waals surface area contributed by atoms with E-state index in [0.717, 1.165) is 0 Å². The van der Waals surface area contributed by atoms with E-state index in [1.54, 1.807) is 19.1 Å². The van der Waals surface area contributed by atoms with Crippen LogP contribution in [0.3, 0.4) is 0 Å². The van der Waals surface area contributed by atoms with Crippen molar-refractivity contribution in [3.63, 3.8) is 0 Å². The van der Waals surface area contributed by atoms with Crippen LogP contribution in [0.25, 0.3) is 0 Å². The fourth-order valence-corrected chi connectivity index (χ4v) is 2.03. The molecule has 0 saturated carbocycles. The fraction of sp³-hybridized carbons (Fsp3) is 0.0714. The highest BCUT2D eigenvalue weighted by atomic mass is 35.5. The fourth-order valence-electron chi connectivity index (χ4n) is 1.74. The van der Waals surface area contributed by atoms with Crippen LogP contribution in [0, 0.1) is 12.7 Å². The van der Waals surface area contributed by atoms with Crippen LogP contribution in [0.5, 0.6) is 0 Å². The Balaban J connectivity index is 2.30. The minimum Gasteiger partial charge on any atom is -0.399 e. The van der Waals surface area contributed by atoms with Crippen LogP contribution >= 0.6 is 23.2 Å². The summed E-state index contributed by atoms with van der Waals surface area (Å²) in [5.74, 6) is -1.20. The predicted molar refractivity (Wildman–Crippen MR) is 80.0 cm³/mol. The van der Waals surface area contributed by atoms with Gasteiger partial charge in [0.05, 0.1) is 15.6 Å². The number of nitrogen functional groups attached to an aromatic ring is 1. The number of hydrogen-bond acceptors (Lipinski definition) is 2. The lowest BCUT2D eigenvalue weighted by Gasteiger charge is -2.09. The second kappa shape index (κ2) is 5.69. The van der Waals surface area contributed by atoms with E-state index in [1.165, 1.54) is 18.2 Å². The Labute approximate surface area is 125 Å². The molecular weight excluding hydrogens is 302 g/mol. The standard InChI is InChI=1S/C14H11Cl2FN2O/c1-7-4-8(18)5-10(13(7)17)14(20)19-9-2-3-11(15)12(16)6-9/h2-6H,18H2,1H3,(H,19,20). The zero-order chi connectivity index (χ0) is 14.9. The molecule has 0 aromatic heterocycles. The quantitative estimate of drug-likeness (QED) is 0.813. The number of rotatable bonds is 2.